The molecule has 0 spiro atoms. The minimum Gasteiger partial charge on any atom is -0.396 e. The van der Waals surface area contributed by atoms with E-state index in [1.54, 1.807) is 0 Å². The van der Waals surface area contributed by atoms with Crippen LogP contribution in [-0.2, 0) is 0 Å². The lowest BCUT2D eigenvalue weighted by Gasteiger charge is -2.36. The molecule has 0 bridgehead atoms. The summed E-state index contributed by atoms with van der Waals surface area (Å²) in [5, 5.41) is 13.0. The molecule has 2 atom stereocenters. The quantitative estimate of drug-likeness (QED) is 0.774. The number of hydrogen-bond acceptors (Lipinski definition) is 2. The first kappa shape index (κ1) is 12.4. The maximum Gasteiger partial charge on any atom is 0.0459 e. The number of hydrogen-bond donors (Lipinski definition) is 2. The van der Waals surface area contributed by atoms with Gasteiger partial charge >= 0.3 is 0 Å². The van der Waals surface area contributed by atoms with Gasteiger partial charge in [-0.25, -0.2) is 0 Å². The van der Waals surface area contributed by atoms with Crippen molar-refractivity contribution in [3.8, 4) is 0 Å². The fourth-order valence-electron chi connectivity index (χ4n) is 3.38. The summed E-state index contributed by atoms with van der Waals surface area (Å²) in [6.45, 7) is 2.79. The predicted octanol–water partition coefficient (Wildman–Crippen LogP) is 2.71. The molecule has 0 saturated heterocycles. The third-order valence-corrected chi connectivity index (χ3v) is 4.67. The van der Waals surface area contributed by atoms with Gasteiger partial charge in [0.25, 0.3) is 0 Å². The van der Waals surface area contributed by atoms with Gasteiger partial charge in [-0.15, -0.1) is 0 Å². The molecule has 2 N–H and O–H groups in total. The first-order valence-corrected chi connectivity index (χ1v) is 7.16. The largest absolute Gasteiger partial charge is 0.396 e. The molecule has 0 radical (unpaired) electrons. The summed E-state index contributed by atoms with van der Waals surface area (Å²) in [5.41, 5.74) is 0. The highest BCUT2D eigenvalue weighted by Gasteiger charge is 2.26. The number of rotatable bonds is 3. The SMILES string of the molecule is CC1CCCCC1NC1CCC(CO)CC1. The van der Waals surface area contributed by atoms with Crippen LogP contribution in [0.1, 0.15) is 58.3 Å². The van der Waals surface area contributed by atoms with E-state index in [1.165, 1.54) is 51.4 Å². The summed E-state index contributed by atoms with van der Waals surface area (Å²) >= 11 is 0. The fourth-order valence-corrected chi connectivity index (χ4v) is 3.38. The molecule has 2 nitrogen and oxygen atoms in total. The highest BCUT2D eigenvalue weighted by molar-refractivity contribution is 4.84. The minimum absolute atomic E-state index is 0.395. The van der Waals surface area contributed by atoms with Crippen LogP contribution in [0.2, 0.25) is 0 Å². The molecule has 2 fully saturated rings. The number of aliphatic hydroxyl groups is 1. The highest BCUT2D eigenvalue weighted by atomic mass is 16.3. The zero-order valence-corrected chi connectivity index (χ0v) is 10.6. The second kappa shape index (κ2) is 6.02. The van der Waals surface area contributed by atoms with Gasteiger partial charge in [-0.1, -0.05) is 19.8 Å². The van der Waals surface area contributed by atoms with Crippen LogP contribution in [0.4, 0.5) is 0 Å². The smallest absolute Gasteiger partial charge is 0.0459 e. The zero-order chi connectivity index (χ0) is 11.4. The van der Waals surface area contributed by atoms with Crippen molar-refractivity contribution in [2.75, 3.05) is 6.61 Å². The first-order valence-electron chi connectivity index (χ1n) is 7.16. The van der Waals surface area contributed by atoms with E-state index >= 15 is 0 Å². The summed E-state index contributed by atoms with van der Waals surface area (Å²) in [6, 6.07) is 1.50. The lowest BCUT2D eigenvalue weighted by molar-refractivity contribution is 0.161. The number of aliphatic hydroxyl groups excluding tert-OH is 1. The molecule has 2 heteroatoms. The average molecular weight is 225 g/mol. The molecule has 16 heavy (non-hydrogen) atoms. The molecule has 2 rings (SSSR count). The van der Waals surface area contributed by atoms with E-state index in [0.29, 0.717) is 12.5 Å². The van der Waals surface area contributed by atoms with Crippen LogP contribution in [0, 0.1) is 11.8 Å². The van der Waals surface area contributed by atoms with Crippen LogP contribution in [0.3, 0.4) is 0 Å². The highest BCUT2D eigenvalue weighted by Crippen LogP contribution is 2.28. The van der Waals surface area contributed by atoms with Gasteiger partial charge in [-0.05, 0) is 50.4 Å². The van der Waals surface area contributed by atoms with Gasteiger partial charge in [0.1, 0.15) is 0 Å². The summed E-state index contributed by atoms with van der Waals surface area (Å²) in [4.78, 5) is 0. The second-order valence-corrected chi connectivity index (χ2v) is 5.94. The Labute approximate surface area is 99.8 Å². The predicted molar refractivity (Wildman–Crippen MR) is 67.4 cm³/mol. The summed E-state index contributed by atoms with van der Waals surface area (Å²) in [5.74, 6) is 1.45. The van der Waals surface area contributed by atoms with Crippen molar-refractivity contribution in [2.45, 2.75) is 70.4 Å². The molecule has 0 amide bonds. The van der Waals surface area contributed by atoms with Crippen molar-refractivity contribution in [3.05, 3.63) is 0 Å². The van der Waals surface area contributed by atoms with Gasteiger partial charge in [0.2, 0.25) is 0 Å². The van der Waals surface area contributed by atoms with Crippen molar-refractivity contribution >= 4 is 0 Å². The molecule has 2 aliphatic rings. The van der Waals surface area contributed by atoms with Gasteiger partial charge in [0.15, 0.2) is 0 Å². The van der Waals surface area contributed by atoms with Crippen LogP contribution in [0.25, 0.3) is 0 Å². The molecule has 0 aromatic heterocycles. The lowest BCUT2D eigenvalue weighted by atomic mass is 9.82. The lowest BCUT2D eigenvalue weighted by Crippen LogP contribution is -2.45. The zero-order valence-electron chi connectivity index (χ0n) is 10.6. The van der Waals surface area contributed by atoms with Crippen LogP contribution in [-0.4, -0.2) is 23.8 Å². The molecular weight excluding hydrogens is 198 g/mol. The van der Waals surface area contributed by atoms with Crippen LogP contribution in [0.5, 0.6) is 0 Å². The summed E-state index contributed by atoms with van der Waals surface area (Å²) in [7, 11) is 0. The fraction of sp³-hybridized carbons (Fsp3) is 1.00. The molecule has 94 valence electrons. The Balaban J connectivity index is 1.73. The van der Waals surface area contributed by atoms with Crippen LogP contribution >= 0.6 is 0 Å². The molecule has 0 aromatic carbocycles. The maximum absolute atomic E-state index is 9.12. The molecule has 0 aliphatic heterocycles. The Bertz CT molecular complexity index is 199. The molecular formula is C14H27NO. The second-order valence-electron chi connectivity index (χ2n) is 5.94. The van der Waals surface area contributed by atoms with E-state index in [9.17, 15) is 0 Å². The van der Waals surface area contributed by atoms with E-state index in [0.717, 1.165) is 18.0 Å². The van der Waals surface area contributed by atoms with Gasteiger partial charge in [-0.2, -0.15) is 0 Å². The maximum atomic E-state index is 9.12. The van der Waals surface area contributed by atoms with Crippen LogP contribution in [0.15, 0.2) is 0 Å². The third kappa shape index (κ3) is 3.21. The molecule has 2 aliphatic carbocycles. The Morgan fingerprint density at radius 2 is 1.69 bits per heavy atom. The van der Waals surface area contributed by atoms with Gasteiger partial charge in [0.05, 0.1) is 0 Å². The van der Waals surface area contributed by atoms with E-state index in [4.69, 9.17) is 5.11 Å². The van der Waals surface area contributed by atoms with Gasteiger partial charge in [0, 0.05) is 18.7 Å². The van der Waals surface area contributed by atoms with E-state index in [-0.39, 0.29) is 0 Å². The third-order valence-electron chi connectivity index (χ3n) is 4.67. The molecule has 0 heterocycles. The first-order chi connectivity index (χ1) is 7.79. The Morgan fingerprint density at radius 1 is 1.00 bits per heavy atom. The standard InChI is InChI=1S/C14H27NO/c1-11-4-2-3-5-14(11)15-13-8-6-12(10-16)7-9-13/h11-16H,2-10H2,1H3. The topological polar surface area (TPSA) is 32.3 Å². The van der Waals surface area contributed by atoms with Crippen molar-refractivity contribution in [2.24, 2.45) is 11.8 Å². The van der Waals surface area contributed by atoms with Gasteiger partial charge in [-0.3, -0.25) is 0 Å². The minimum atomic E-state index is 0.395. The Morgan fingerprint density at radius 3 is 2.31 bits per heavy atom. The van der Waals surface area contributed by atoms with Crippen molar-refractivity contribution in [3.63, 3.8) is 0 Å². The summed E-state index contributed by atoms with van der Waals surface area (Å²) < 4.78 is 0. The van der Waals surface area contributed by atoms with Crippen molar-refractivity contribution in [1.29, 1.82) is 0 Å². The van der Waals surface area contributed by atoms with Crippen molar-refractivity contribution < 1.29 is 5.11 Å². The van der Waals surface area contributed by atoms with E-state index in [2.05, 4.69) is 12.2 Å². The normalized spacial score (nSPS) is 40.9. The molecule has 2 saturated carbocycles. The summed E-state index contributed by atoms with van der Waals surface area (Å²) in [6.07, 6.45) is 10.6. The van der Waals surface area contributed by atoms with E-state index < -0.39 is 0 Å². The average Bonchev–Trinajstić information content (AvgIpc) is 2.33. The monoisotopic (exact) mass is 225 g/mol. The van der Waals surface area contributed by atoms with Crippen molar-refractivity contribution in [1.82, 2.24) is 5.32 Å². The Hall–Kier alpha value is -0.0800. The molecule has 2 unspecified atom stereocenters. The van der Waals surface area contributed by atoms with Gasteiger partial charge < -0.3 is 10.4 Å². The molecule has 0 aromatic rings. The van der Waals surface area contributed by atoms with E-state index in [1.807, 2.05) is 0 Å². The Kier molecular flexibility index (Phi) is 4.66. The number of nitrogens with one attached hydrogen (secondary N) is 1. The van der Waals surface area contributed by atoms with Crippen LogP contribution < -0.4 is 5.32 Å².